The Balaban J connectivity index is 1.57. The second-order valence-corrected chi connectivity index (χ2v) is 6.39. The number of amides is 1. The fourth-order valence-corrected chi connectivity index (χ4v) is 3.67. The fraction of sp³-hybridized carbons (Fsp3) is 0.588. The number of halogens is 1. The molecule has 1 aliphatic carbocycles. The maximum Gasteiger partial charge on any atom is 0.237 e. The van der Waals surface area contributed by atoms with Gasteiger partial charge in [0.05, 0.1) is 12.1 Å². The van der Waals surface area contributed by atoms with Gasteiger partial charge >= 0.3 is 0 Å². The van der Waals surface area contributed by atoms with Crippen LogP contribution < -0.4 is 10.6 Å². The Hall–Kier alpha value is -1.42. The summed E-state index contributed by atoms with van der Waals surface area (Å²) in [6, 6.07) is 6.67. The van der Waals surface area contributed by atoms with Crippen LogP contribution in [0.3, 0.4) is 0 Å². The molecule has 1 saturated carbocycles. The number of carbonyl (C=O) groups is 1. The zero-order valence-electron chi connectivity index (χ0n) is 12.4. The van der Waals surface area contributed by atoms with Gasteiger partial charge in [0, 0.05) is 6.04 Å². The number of hydrogen-bond donors (Lipinski definition) is 2. The van der Waals surface area contributed by atoms with E-state index in [0.29, 0.717) is 12.0 Å². The van der Waals surface area contributed by atoms with Gasteiger partial charge in [0.1, 0.15) is 5.82 Å². The summed E-state index contributed by atoms with van der Waals surface area (Å²) in [5.41, 5.74) is 0.931. The van der Waals surface area contributed by atoms with Crippen LogP contribution in [-0.2, 0) is 4.79 Å². The van der Waals surface area contributed by atoms with Gasteiger partial charge in [-0.05, 0) is 49.8 Å². The highest BCUT2D eigenvalue weighted by Gasteiger charge is 2.38. The molecule has 1 heterocycles. The van der Waals surface area contributed by atoms with Gasteiger partial charge < -0.3 is 10.6 Å². The van der Waals surface area contributed by atoms with Crippen LogP contribution in [0, 0.1) is 11.7 Å². The SMILES string of the molecule is C[C@H](NC(=O)C1CC2CCCCC2N1)c1ccc(F)cc1. The fourth-order valence-electron chi connectivity index (χ4n) is 3.67. The molecule has 1 aromatic carbocycles. The van der Waals surface area contributed by atoms with Gasteiger partial charge in [0.25, 0.3) is 0 Å². The Morgan fingerprint density at radius 1 is 1.29 bits per heavy atom. The van der Waals surface area contributed by atoms with Crippen molar-refractivity contribution in [3.05, 3.63) is 35.6 Å². The first-order valence-corrected chi connectivity index (χ1v) is 7.95. The zero-order chi connectivity index (χ0) is 14.8. The Labute approximate surface area is 125 Å². The summed E-state index contributed by atoms with van der Waals surface area (Å²) < 4.78 is 12.9. The van der Waals surface area contributed by atoms with E-state index < -0.39 is 0 Å². The van der Waals surface area contributed by atoms with Crippen molar-refractivity contribution in [2.45, 2.75) is 57.2 Å². The Kier molecular flexibility index (Phi) is 4.24. The lowest BCUT2D eigenvalue weighted by atomic mass is 9.85. The number of carbonyl (C=O) groups excluding carboxylic acids is 1. The average Bonchev–Trinajstić information content (AvgIpc) is 2.92. The lowest BCUT2D eigenvalue weighted by molar-refractivity contribution is -0.123. The molecule has 21 heavy (non-hydrogen) atoms. The third kappa shape index (κ3) is 3.26. The van der Waals surface area contributed by atoms with E-state index in [4.69, 9.17) is 0 Å². The molecule has 0 aromatic heterocycles. The second kappa shape index (κ2) is 6.14. The van der Waals surface area contributed by atoms with E-state index in [0.717, 1.165) is 12.0 Å². The van der Waals surface area contributed by atoms with Crippen LogP contribution in [0.2, 0.25) is 0 Å². The minimum absolute atomic E-state index is 0.0685. The summed E-state index contributed by atoms with van der Waals surface area (Å²) in [7, 11) is 0. The number of fused-ring (bicyclic) bond motifs is 1. The molecular weight excluding hydrogens is 267 g/mol. The highest BCUT2D eigenvalue weighted by Crippen LogP contribution is 2.33. The van der Waals surface area contributed by atoms with Gasteiger partial charge in [-0.3, -0.25) is 4.79 Å². The first kappa shape index (κ1) is 14.5. The maximum absolute atomic E-state index is 12.9. The minimum Gasteiger partial charge on any atom is -0.348 e. The number of rotatable bonds is 3. The van der Waals surface area contributed by atoms with Crippen LogP contribution in [0.1, 0.15) is 50.6 Å². The minimum atomic E-state index is -0.251. The molecule has 1 amide bonds. The Bertz CT molecular complexity index is 488. The molecule has 4 atom stereocenters. The van der Waals surface area contributed by atoms with Crippen molar-refractivity contribution in [2.24, 2.45) is 5.92 Å². The molecule has 3 rings (SSSR count). The lowest BCUT2D eigenvalue weighted by Gasteiger charge is -2.24. The molecule has 4 heteroatoms. The Morgan fingerprint density at radius 2 is 2.00 bits per heavy atom. The number of benzene rings is 1. The van der Waals surface area contributed by atoms with Crippen LogP contribution in [0.5, 0.6) is 0 Å². The molecule has 2 N–H and O–H groups in total. The van der Waals surface area contributed by atoms with Gasteiger partial charge in [-0.25, -0.2) is 4.39 Å². The van der Waals surface area contributed by atoms with E-state index in [1.807, 2.05) is 6.92 Å². The molecule has 0 spiro atoms. The number of hydrogen-bond acceptors (Lipinski definition) is 2. The van der Waals surface area contributed by atoms with Crippen molar-refractivity contribution in [1.82, 2.24) is 10.6 Å². The number of nitrogens with one attached hydrogen (secondary N) is 2. The molecule has 1 aromatic rings. The van der Waals surface area contributed by atoms with Gasteiger partial charge in [0.15, 0.2) is 0 Å². The van der Waals surface area contributed by atoms with E-state index in [9.17, 15) is 9.18 Å². The third-order valence-electron chi connectivity index (χ3n) is 4.91. The molecule has 1 saturated heterocycles. The van der Waals surface area contributed by atoms with Crippen molar-refractivity contribution in [2.75, 3.05) is 0 Å². The molecule has 1 aliphatic heterocycles. The van der Waals surface area contributed by atoms with Crippen molar-refractivity contribution >= 4 is 5.91 Å². The van der Waals surface area contributed by atoms with Crippen LogP contribution in [0.4, 0.5) is 4.39 Å². The van der Waals surface area contributed by atoms with Gasteiger partial charge in [-0.15, -0.1) is 0 Å². The van der Waals surface area contributed by atoms with Gasteiger partial charge in [0.2, 0.25) is 5.91 Å². The van der Waals surface area contributed by atoms with Crippen LogP contribution >= 0.6 is 0 Å². The van der Waals surface area contributed by atoms with E-state index >= 15 is 0 Å². The topological polar surface area (TPSA) is 41.1 Å². The summed E-state index contributed by atoms with van der Waals surface area (Å²) >= 11 is 0. The molecular formula is C17H23FN2O. The predicted molar refractivity (Wildman–Crippen MR) is 80.2 cm³/mol. The molecule has 2 aliphatic rings. The first-order valence-electron chi connectivity index (χ1n) is 7.95. The van der Waals surface area contributed by atoms with Crippen molar-refractivity contribution in [3.63, 3.8) is 0 Å². The second-order valence-electron chi connectivity index (χ2n) is 6.39. The monoisotopic (exact) mass is 290 g/mol. The quantitative estimate of drug-likeness (QED) is 0.898. The molecule has 114 valence electrons. The summed E-state index contributed by atoms with van der Waals surface area (Å²) in [5, 5.41) is 6.53. The molecule has 3 nitrogen and oxygen atoms in total. The zero-order valence-corrected chi connectivity index (χ0v) is 12.4. The smallest absolute Gasteiger partial charge is 0.237 e. The first-order chi connectivity index (χ1) is 10.1. The van der Waals surface area contributed by atoms with Gasteiger partial charge in [-0.2, -0.15) is 0 Å². The average molecular weight is 290 g/mol. The lowest BCUT2D eigenvalue weighted by Crippen LogP contribution is -2.43. The predicted octanol–water partition coefficient (Wildman–Crippen LogP) is 2.92. The normalized spacial score (nSPS) is 29.7. The summed E-state index contributed by atoms with van der Waals surface area (Å²) in [6.45, 7) is 1.94. The van der Waals surface area contributed by atoms with E-state index in [2.05, 4.69) is 10.6 Å². The summed E-state index contributed by atoms with van der Waals surface area (Å²) in [4.78, 5) is 12.4. The largest absolute Gasteiger partial charge is 0.348 e. The summed E-state index contributed by atoms with van der Waals surface area (Å²) in [6.07, 6.45) is 5.96. The van der Waals surface area contributed by atoms with E-state index in [1.165, 1.54) is 37.8 Å². The molecule has 2 fully saturated rings. The highest BCUT2D eigenvalue weighted by atomic mass is 19.1. The van der Waals surface area contributed by atoms with Crippen molar-refractivity contribution < 1.29 is 9.18 Å². The maximum atomic E-state index is 12.9. The standard InChI is InChI=1S/C17H23FN2O/c1-11(12-6-8-14(18)9-7-12)19-17(21)16-10-13-4-2-3-5-15(13)20-16/h6-9,11,13,15-16,20H,2-5,10H2,1H3,(H,19,21)/t11-,13?,15?,16?/m0/s1. The Morgan fingerprint density at radius 3 is 2.71 bits per heavy atom. The summed E-state index contributed by atoms with van der Waals surface area (Å²) in [5.74, 6) is 0.482. The van der Waals surface area contributed by atoms with E-state index in [-0.39, 0.29) is 23.8 Å². The van der Waals surface area contributed by atoms with Crippen molar-refractivity contribution in [1.29, 1.82) is 0 Å². The van der Waals surface area contributed by atoms with Crippen LogP contribution in [0.15, 0.2) is 24.3 Å². The van der Waals surface area contributed by atoms with Crippen molar-refractivity contribution in [3.8, 4) is 0 Å². The van der Waals surface area contributed by atoms with E-state index in [1.54, 1.807) is 12.1 Å². The van der Waals surface area contributed by atoms with Gasteiger partial charge in [-0.1, -0.05) is 25.0 Å². The molecule has 0 bridgehead atoms. The molecule has 3 unspecified atom stereocenters. The highest BCUT2D eigenvalue weighted by molar-refractivity contribution is 5.82. The third-order valence-corrected chi connectivity index (χ3v) is 4.91. The molecule has 0 radical (unpaired) electrons. The van der Waals surface area contributed by atoms with Crippen LogP contribution in [0.25, 0.3) is 0 Å². The van der Waals surface area contributed by atoms with Crippen LogP contribution in [-0.4, -0.2) is 18.0 Å².